The first-order valence-corrected chi connectivity index (χ1v) is 9.21. The Morgan fingerprint density at radius 2 is 1.96 bits per heavy atom. The summed E-state index contributed by atoms with van der Waals surface area (Å²) in [5.74, 6) is 0.337. The van der Waals surface area contributed by atoms with E-state index in [0.29, 0.717) is 18.0 Å². The molecular weight excluding hydrogens is 424 g/mol. The number of allylic oxidation sites excluding steroid dienone is 2. The molecule has 0 bridgehead atoms. The van der Waals surface area contributed by atoms with Gasteiger partial charge in [0.2, 0.25) is 5.95 Å². The van der Waals surface area contributed by atoms with Gasteiger partial charge in [0.05, 0.1) is 6.21 Å². The lowest BCUT2D eigenvalue weighted by atomic mass is 10.2. The summed E-state index contributed by atoms with van der Waals surface area (Å²) in [4.78, 5) is 29.1. The van der Waals surface area contributed by atoms with Crippen LogP contribution in [0, 0.1) is 0 Å². The normalized spacial score (nSPS) is 12.0. The maximum atomic E-state index is 12.6. The fourth-order valence-electron chi connectivity index (χ4n) is 2.74. The topological polar surface area (TPSA) is 86.2 Å². The number of hydrazone groups is 1. The van der Waals surface area contributed by atoms with Crippen molar-refractivity contribution in [3.05, 3.63) is 73.9 Å². The Morgan fingerprint density at radius 1 is 1.25 bits per heavy atom. The molecule has 144 valence electrons. The number of aromatic nitrogens is 4. The maximum Gasteiger partial charge on any atom is 0.332 e. The van der Waals surface area contributed by atoms with E-state index in [-0.39, 0.29) is 5.65 Å². The summed E-state index contributed by atoms with van der Waals surface area (Å²) in [7, 11) is 3.01. The van der Waals surface area contributed by atoms with Crippen LogP contribution in [-0.2, 0) is 20.6 Å². The van der Waals surface area contributed by atoms with Gasteiger partial charge in [-0.2, -0.15) is 10.1 Å². The Hall–Kier alpha value is -3.20. The SMILES string of the molecule is C=CCn1c(N/N=C\C(Br)=C\c2ccccc2)nc2c1c(=O)n(C)c(=O)n2C. The van der Waals surface area contributed by atoms with Crippen molar-refractivity contribution >= 4 is 45.3 Å². The van der Waals surface area contributed by atoms with Gasteiger partial charge in [0, 0.05) is 25.1 Å². The van der Waals surface area contributed by atoms with Crippen LogP contribution in [0.25, 0.3) is 17.2 Å². The molecule has 0 unspecified atom stereocenters. The summed E-state index contributed by atoms with van der Waals surface area (Å²) in [5, 5.41) is 4.18. The summed E-state index contributed by atoms with van der Waals surface area (Å²) in [6, 6.07) is 9.79. The molecule has 0 saturated heterocycles. The van der Waals surface area contributed by atoms with E-state index in [9.17, 15) is 9.59 Å². The average molecular weight is 443 g/mol. The molecule has 28 heavy (non-hydrogen) atoms. The zero-order valence-electron chi connectivity index (χ0n) is 15.5. The molecule has 0 spiro atoms. The molecule has 0 aliphatic carbocycles. The van der Waals surface area contributed by atoms with Crippen molar-refractivity contribution < 1.29 is 0 Å². The lowest BCUT2D eigenvalue weighted by Gasteiger charge is -2.06. The monoisotopic (exact) mass is 442 g/mol. The molecule has 0 atom stereocenters. The average Bonchev–Trinajstić information content (AvgIpc) is 3.04. The smallest absolute Gasteiger partial charge is 0.299 e. The van der Waals surface area contributed by atoms with E-state index in [1.54, 1.807) is 23.9 Å². The maximum absolute atomic E-state index is 12.6. The molecule has 3 rings (SSSR count). The molecule has 1 aromatic carbocycles. The Bertz CT molecular complexity index is 1200. The summed E-state index contributed by atoms with van der Waals surface area (Å²) in [6.45, 7) is 4.06. The molecular formula is C19H19BrN6O2. The second-order valence-corrected chi connectivity index (χ2v) is 6.94. The fraction of sp³-hybridized carbons (Fsp3) is 0.158. The molecule has 0 amide bonds. The minimum absolute atomic E-state index is 0.284. The number of hydrogen-bond donors (Lipinski definition) is 1. The molecule has 9 heteroatoms. The van der Waals surface area contributed by atoms with Crippen molar-refractivity contribution in [3.8, 4) is 0 Å². The Morgan fingerprint density at radius 3 is 2.64 bits per heavy atom. The first-order valence-electron chi connectivity index (χ1n) is 8.42. The molecule has 2 aromatic heterocycles. The standard InChI is InChI=1S/C19H19BrN6O2/c1-4-10-26-15-16(24(2)19(28)25(3)17(15)27)22-18(26)23-21-12-14(20)11-13-8-6-5-7-9-13/h4-9,11-12H,1,10H2,2-3H3,(H,22,23)/b14-11-,21-12-. The van der Waals surface area contributed by atoms with Gasteiger partial charge in [-0.15, -0.1) is 6.58 Å². The van der Waals surface area contributed by atoms with Gasteiger partial charge in [-0.05, 0) is 27.6 Å². The highest BCUT2D eigenvalue weighted by Crippen LogP contribution is 2.16. The number of nitrogens with one attached hydrogen (secondary N) is 1. The van der Waals surface area contributed by atoms with Crippen LogP contribution in [0.4, 0.5) is 5.95 Å². The number of hydrogen-bond acceptors (Lipinski definition) is 5. The minimum Gasteiger partial charge on any atom is -0.299 e. The zero-order valence-corrected chi connectivity index (χ0v) is 17.0. The van der Waals surface area contributed by atoms with Gasteiger partial charge < -0.3 is 0 Å². The number of nitrogens with zero attached hydrogens (tertiary/aromatic N) is 5. The van der Waals surface area contributed by atoms with Crippen molar-refractivity contribution in [1.82, 2.24) is 18.7 Å². The van der Waals surface area contributed by atoms with E-state index in [1.165, 1.54) is 11.6 Å². The fourth-order valence-corrected chi connectivity index (χ4v) is 3.10. The first kappa shape index (κ1) is 19.6. The number of anilines is 1. The van der Waals surface area contributed by atoms with Gasteiger partial charge in [0.25, 0.3) is 5.56 Å². The van der Waals surface area contributed by atoms with Crippen molar-refractivity contribution in [1.29, 1.82) is 0 Å². The van der Waals surface area contributed by atoms with E-state index in [0.717, 1.165) is 14.6 Å². The number of halogens is 1. The predicted octanol–water partition coefficient (Wildman–Crippen LogP) is 2.45. The summed E-state index contributed by atoms with van der Waals surface area (Å²) < 4.78 is 4.77. The Kier molecular flexibility index (Phi) is 5.74. The third kappa shape index (κ3) is 3.74. The van der Waals surface area contributed by atoms with E-state index < -0.39 is 11.2 Å². The van der Waals surface area contributed by atoms with Crippen molar-refractivity contribution in [2.75, 3.05) is 5.43 Å². The molecule has 0 saturated carbocycles. The molecule has 0 fully saturated rings. The summed E-state index contributed by atoms with van der Waals surface area (Å²) >= 11 is 3.44. The molecule has 3 aromatic rings. The van der Waals surface area contributed by atoms with Crippen molar-refractivity contribution in [3.63, 3.8) is 0 Å². The van der Waals surface area contributed by atoms with Crippen LogP contribution in [0.3, 0.4) is 0 Å². The van der Waals surface area contributed by atoms with E-state index in [4.69, 9.17) is 0 Å². The van der Waals surface area contributed by atoms with Crippen molar-refractivity contribution in [2.45, 2.75) is 6.54 Å². The van der Waals surface area contributed by atoms with E-state index in [1.807, 2.05) is 36.4 Å². The highest BCUT2D eigenvalue weighted by Gasteiger charge is 2.18. The quantitative estimate of drug-likeness (QED) is 0.360. The number of aryl methyl sites for hydroxylation is 1. The molecule has 0 radical (unpaired) electrons. The van der Waals surface area contributed by atoms with Crippen LogP contribution < -0.4 is 16.7 Å². The number of benzene rings is 1. The number of rotatable bonds is 6. The summed E-state index contributed by atoms with van der Waals surface area (Å²) in [6.07, 6.45) is 5.14. The number of imidazole rings is 1. The second-order valence-electron chi connectivity index (χ2n) is 6.02. The summed E-state index contributed by atoms with van der Waals surface area (Å²) in [5.41, 5.74) is 3.59. The third-order valence-electron chi connectivity index (χ3n) is 4.12. The lowest BCUT2D eigenvalue weighted by Crippen LogP contribution is -2.37. The number of fused-ring (bicyclic) bond motifs is 1. The van der Waals surface area contributed by atoms with E-state index in [2.05, 4.69) is 38.0 Å². The van der Waals surface area contributed by atoms with Gasteiger partial charge in [0.15, 0.2) is 11.2 Å². The van der Waals surface area contributed by atoms with Crippen LogP contribution in [0.15, 0.2) is 62.2 Å². The van der Waals surface area contributed by atoms with Gasteiger partial charge in [0.1, 0.15) is 0 Å². The van der Waals surface area contributed by atoms with Gasteiger partial charge in [-0.25, -0.2) is 10.2 Å². The van der Waals surface area contributed by atoms with Gasteiger partial charge in [-0.1, -0.05) is 36.4 Å². The Balaban J connectivity index is 1.98. The van der Waals surface area contributed by atoms with E-state index >= 15 is 0 Å². The highest BCUT2D eigenvalue weighted by atomic mass is 79.9. The molecule has 0 aliphatic rings. The molecule has 1 N–H and O–H groups in total. The van der Waals surface area contributed by atoms with Crippen LogP contribution in [0.5, 0.6) is 0 Å². The van der Waals surface area contributed by atoms with Gasteiger partial charge in [-0.3, -0.25) is 18.5 Å². The minimum atomic E-state index is -0.440. The van der Waals surface area contributed by atoms with Crippen LogP contribution in [-0.4, -0.2) is 24.9 Å². The molecule has 2 heterocycles. The highest BCUT2D eigenvalue weighted by molar-refractivity contribution is 9.12. The lowest BCUT2D eigenvalue weighted by molar-refractivity contribution is 0.703. The second kappa shape index (κ2) is 8.22. The van der Waals surface area contributed by atoms with Gasteiger partial charge >= 0.3 is 5.69 Å². The molecule has 0 aliphatic heterocycles. The first-order chi connectivity index (χ1) is 13.4. The predicted molar refractivity (Wildman–Crippen MR) is 116 cm³/mol. The van der Waals surface area contributed by atoms with Crippen molar-refractivity contribution in [2.24, 2.45) is 19.2 Å². The molecule has 8 nitrogen and oxygen atoms in total. The third-order valence-corrected chi connectivity index (χ3v) is 4.55. The van der Waals surface area contributed by atoms with Crippen LogP contribution in [0.1, 0.15) is 5.56 Å². The zero-order chi connectivity index (χ0) is 20.3. The van der Waals surface area contributed by atoms with Crippen LogP contribution >= 0.6 is 15.9 Å². The largest absolute Gasteiger partial charge is 0.332 e. The Labute approximate surface area is 169 Å². The van der Waals surface area contributed by atoms with Crippen LogP contribution in [0.2, 0.25) is 0 Å².